The Kier molecular flexibility index (Phi) is 6.02. The fourth-order valence-corrected chi connectivity index (χ4v) is 4.09. The number of benzene rings is 2. The molecule has 1 aliphatic heterocycles. The molecule has 2 aromatic heterocycles. The molecule has 0 bridgehead atoms. The van der Waals surface area contributed by atoms with Crippen molar-refractivity contribution >= 4 is 23.4 Å². The number of esters is 2. The standard InChI is InChI=1S/C25H20N6O5/c26-14-25(19-12-28-22-21(27)29-15-30-31(19)22)20(35-24(33)17-9-5-2-6-10-17)11-18(36-25)13-34-23(32)16-7-3-1-4-8-16/h1-10,12,15,18,20H,11,13H2,(H2,27,29,30)/t18-,20?,25?/m0/s1. The second-order valence-electron chi connectivity index (χ2n) is 8.07. The minimum absolute atomic E-state index is 0.0853. The number of nitrogens with two attached hydrogens (primary N) is 1. The number of imidazole rings is 1. The maximum atomic E-state index is 12.9. The molecule has 5 rings (SSSR count). The molecule has 1 aliphatic rings. The zero-order chi connectivity index (χ0) is 25.1. The molecule has 180 valence electrons. The van der Waals surface area contributed by atoms with Crippen LogP contribution in [0.4, 0.5) is 5.82 Å². The van der Waals surface area contributed by atoms with Crippen molar-refractivity contribution in [2.75, 3.05) is 12.3 Å². The molecule has 11 heteroatoms. The molecular weight excluding hydrogens is 464 g/mol. The van der Waals surface area contributed by atoms with Crippen LogP contribution in [0.1, 0.15) is 32.8 Å². The van der Waals surface area contributed by atoms with E-state index in [1.54, 1.807) is 60.7 Å². The van der Waals surface area contributed by atoms with Crippen molar-refractivity contribution in [3.05, 3.63) is 90.0 Å². The zero-order valence-corrected chi connectivity index (χ0v) is 18.9. The highest BCUT2D eigenvalue weighted by Crippen LogP contribution is 2.42. The van der Waals surface area contributed by atoms with Crippen LogP contribution in [-0.2, 0) is 19.8 Å². The molecule has 0 radical (unpaired) electrons. The van der Waals surface area contributed by atoms with Crippen LogP contribution >= 0.6 is 0 Å². The summed E-state index contributed by atoms with van der Waals surface area (Å²) >= 11 is 0. The van der Waals surface area contributed by atoms with Crippen LogP contribution in [0.3, 0.4) is 0 Å². The van der Waals surface area contributed by atoms with Crippen LogP contribution in [0.25, 0.3) is 5.65 Å². The number of ether oxygens (including phenoxy) is 3. The van der Waals surface area contributed by atoms with Crippen LogP contribution in [0.15, 0.2) is 73.2 Å². The predicted molar refractivity (Wildman–Crippen MR) is 124 cm³/mol. The van der Waals surface area contributed by atoms with Crippen molar-refractivity contribution in [2.45, 2.75) is 24.2 Å². The normalized spacial score (nSPS) is 21.1. The first-order chi connectivity index (χ1) is 17.5. The summed E-state index contributed by atoms with van der Waals surface area (Å²) < 4.78 is 18.7. The second kappa shape index (κ2) is 9.44. The summed E-state index contributed by atoms with van der Waals surface area (Å²) in [6.45, 7) is -0.162. The number of fused-ring (bicyclic) bond motifs is 1. The van der Waals surface area contributed by atoms with Crippen molar-refractivity contribution in [3.63, 3.8) is 0 Å². The van der Waals surface area contributed by atoms with E-state index in [4.69, 9.17) is 19.9 Å². The molecule has 0 amide bonds. The number of hydrogen-bond donors (Lipinski definition) is 1. The fourth-order valence-electron chi connectivity index (χ4n) is 4.09. The summed E-state index contributed by atoms with van der Waals surface area (Å²) in [7, 11) is 0. The number of carbonyl (C=O) groups is 2. The average Bonchev–Trinajstić information content (AvgIpc) is 3.51. The fraction of sp³-hybridized carbons (Fsp3) is 0.200. The maximum absolute atomic E-state index is 12.9. The SMILES string of the molecule is N#CC1(c2cnc3c(N)ncnn23)O[C@H](COC(=O)c2ccccc2)CC1OC(=O)c1ccccc1. The molecule has 4 aromatic rings. The molecular formula is C25H20N6O5. The Labute approximate surface area is 205 Å². The van der Waals surface area contributed by atoms with Crippen LogP contribution in [0.2, 0.25) is 0 Å². The van der Waals surface area contributed by atoms with Gasteiger partial charge in [-0.25, -0.2) is 24.1 Å². The molecule has 36 heavy (non-hydrogen) atoms. The lowest BCUT2D eigenvalue weighted by atomic mass is 9.94. The first kappa shape index (κ1) is 22.9. The summed E-state index contributed by atoms with van der Waals surface area (Å²) in [5.74, 6) is -1.07. The van der Waals surface area contributed by atoms with E-state index in [0.29, 0.717) is 11.1 Å². The molecule has 1 saturated heterocycles. The average molecular weight is 484 g/mol. The van der Waals surface area contributed by atoms with Gasteiger partial charge in [-0.1, -0.05) is 36.4 Å². The van der Waals surface area contributed by atoms with E-state index in [-0.39, 0.29) is 30.2 Å². The quantitative estimate of drug-likeness (QED) is 0.403. The minimum atomic E-state index is -1.80. The van der Waals surface area contributed by atoms with Gasteiger partial charge in [-0.3, -0.25) is 0 Å². The number of anilines is 1. The van der Waals surface area contributed by atoms with Gasteiger partial charge in [0.2, 0.25) is 5.60 Å². The van der Waals surface area contributed by atoms with Crippen molar-refractivity contribution in [3.8, 4) is 6.07 Å². The van der Waals surface area contributed by atoms with Gasteiger partial charge in [0.05, 0.1) is 23.4 Å². The molecule has 1 fully saturated rings. The van der Waals surface area contributed by atoms with E-state index in [2.05, 4.69) is 21.1 Å². The largest absolute Gasteiger partial charge is 0.459 e. The van der Waals surface area contributed by atoms with E-state index in [0.717, 1.165) is 0 Å². The summed E-state index contributed by atoms with van der Waals surface area (Å²) in [4.78, 5) is 33.5. The number of nitriles is 1. The van der Waals surface area contributed by atoms with Gasteiger partial charge in [-0.15, -0.1) is 0 Å². The third kappa shape index (κ3) is 4.10. The number of rotatable bonds is 6. The van der Waals surface area contributed by atoms with Gasteiger partial charge < -0.3 is 19.9 Å². The molecule has 11 nitrogen and oxygen atoms in total. The monoisotopic (exact) mass is 484 g/mol. The van der Waals surface area contributed by atoms with Crippen LogP contribution in [-0.4, -0.2) is 50.3 Å². The lowest BCUT2D eigenvalue weighted by molar-refractivity contribution is -0.0721. The summed E-state index contributed by atoms with van der Waals surface area (Å²) in [6.07, 6.45) is 0.868. The highest BCUT2D eigenvalue weighted by atomic mass is 16.6. The highest BCUT2D eigenvalue weighted by molar-refractivity contribution is 5.90. The van der Waals surface area contributed by atoms with Crippen LogP contribution in [0.5, 0.6) is 0 Å². The number of nitrogen functional groups attached to an aromatic ring is 1. The van der Waals surface area contributed by atoms with Crippen molar-refractivity contribution in [2.24, 2.45) is 0 Å². The van der Waals surface area contributed by atoms with Gasteiger partial charge in [-0.05, 0) is 24.3 Å². The van der Waals surface area contributed by atoms with E-state index in [1.807, 2.05) is 0 Å². The molecule has 0 aliphatic carbocycles. The Morgan fingerprint density at radius 3 is 2.42 bits per heavy atom. The van der Waals surface area contributed by atoms with E-state index in [1.165, 1.54) is 17.0 Å². The van der Waals surface area contributed by atoms with Gasteiger partial charge in [0, 0.05) is 6.42 Å². The highest BCUT2D eigenvalue weighted by Gasteiger charge is 2.55. The van der Waals surface area contributed by atoms with Gasteiger partial charge in [0.15, 0.2) is 17.6 Å². The third-order valence-corrected chi connectivity index (χ3v) is 5.83. The minimum Gasteiger partial charge on any atom is -0.459 e. The summed E-state index contributed by atoms with van der Waals surface area (Å²) in [5, 5.41) is 14.5. The van der Waals surface area contributed by atoms with Crippen LogP contribution in [0, 0.1) is 11.3 Å². The first-order valence-electron chi connectivity index (χ1n) is 11.0. The number of carbonyl (C=O) groups excluding carboxylic acids is 2. The Morgan fingerprint density at radius 2 is 1.75 bits per heavy atom. The summed E-state index contributed by atoms with van der Waals surface area (Å²) in [5.41, 5.74) is 5.23. The van der Waals surface area contributed by atoms with Gasteiger partial charge >= 0.3 is 11.9 Å². The molecule has 3 atom stereocenters. The van der Waals surface area contributed by atoms with Gasteiger partial charge in [0.1, 0.15) is 24.7 Å². The third-order valence-electron chi connectivity index (χ3n) is 5.83. The topological polar surface area (TPSA) is 155 Å². The number of aromatic nitrogens is 4. The number of nitrogens with zero attached hydrogens (tertiary/aromatic N) is 5. The zero-order valence-electron chi connectivity index (χ0n) is 18.9. The molecule has 2 aromatic carbocycles. The lowest BCUT2D eigenvalue weighted by Crippen LogP contribution is -2.39. The number of hydrogen-bond acceptors (Lipinski definition) is 10. The molecule has 2 unspecified atom stereocenters. The lowest BCUT2D eigenvalue weighted by Gasteiger charge is -2.26. The Balaban J connectivity index is 1.46. The summed E-state index contributed by atoms with van der Waals surface area (Å²) in [6, 6.07) is 19.0. The van der Waals surface area contributed by atoms with E-state index >= 15 is 0 Å². The van der Waals surface area contributed by atoms with Crippen molar-refractivity contribution < 1.29 is 23.8 Å². The second-order valence-corrected chi connectivity index (χ2v) is 8.07. The molecule has 0 saturated carbocycles. The molecule has 0 spiro atoms. The van der Waals surface area contributed by atoms with Crippen LogP contribution < -0.4 is 5.73 Å². The van der Waals surface area contributed by atoms with E-state index in [9.17, 15) is 14.9 Å². The predicted octanol–water partition coefficient (Wildman–Crippen LogP) is 2.30. The Bertz CT molecular complexity index is 1450. The van der Waals surface area contributed by atoms with Gasteiger partial charge in [0.25, 0.3) is 0 Å². The van der Waals surface area contributed by atoms with Crippen molar-refractivity contribution in [1.82, 2.24) is 19.6 Å². The first-order valence-corrected chi connectivity index (χ1v) is 11.0. The Morgan fingerprint density at radius 1 is 1.08 bits per heavy atom. The Hall–Kier alpha value is -4.82. The smallest absolute Gasteiger partial charge is 0.338 e. The maximum Gasteiger partial charge on any atom is 0.338 e. The van der Waals surface area contributed by atoms with E-state index < -0.39 is 29.7 Å². The van der Waals surface area contributed by atoms with Gasteiger partial charge in [-0.2, -0.15) is 10.4 Å². The molecule has 3 heterocycles. The molecule has 2 N–H and O–H groups in total. The van der Waals surface area contributed by atoms with Crippen molar-refractivity contribution in [1.29, 1.82) is 5.26 Å².